The summed E-state index contributed by atoms with van der Waals surface area (Å²) in [6.07, 6.45) is 3.12. The molecule has 0 radical (unpaired) electrons. The van der Waals surface area contributed by atoms with Crippen molar-refractivity contribution in [1.82, 2.24) is 8.96 Å². The van der Waals surface area contributed by atoms with E-state index in [9.17, 15) is 13.2 Å². The number of nitrogens with zero attached hydrogens (tertiary/aromatic N) is 2. The third kappa shape index (κ3) is 2.68. The van der Waals surface area contributed by atoms with Crippen LogP contribution in [-0.4, -0.2) is 30.5 Å². The fourth-order valence-corrected chi connectivity index (χ4v) is 5.73. The number of fused-ring (bicyclic) bond motifs is 2. The average molecular weight is 434 g/mol. The molecule has 0 saturated heterocycles. The summed E-state index contributed by atoms with van der Waals surface area (Å²) in [5.41, 5.74) is 0.237. The molecule has 0 saturated carbocycles. The van der Waals surface area contributed by atoms with Crippen LogP contribution in [0.4, 0.5) is 0 Å². The predicted molar refractivity (Wildman–Crippen MR) is 114 cm³/mol. The number of ether oxygens (including phenoxy) is 2. The molecule has 5 rings (SSSR count). The Labute approximate surface area is 178 Å². The van der Waals surface area contributed by atoms with Gasteiger partial charge in [-0.05, 0) is 37.3 Å². The van der Waals surface area contributed by atoms with Gasteiger partial charge in [0.15, 0.2) is 5.60 Å². The van der Waals surface area contributed by atoms with E-state index >= 15 is 0 Å². The summed E-state index contributed by atoms with van der Waals surface area (Å²) in [6.45, 7) is 1.69. The Bertz CT molecular complexity index is 1440. The van der Waals surface area contributed by atoms with Gasteiger partial charge in [-0.25, -0.2) is 17.2 Å². The van der Waals surface area contributed by atoms with E-state index in [0.717, 1.165) is 0 Å². The number of pyridine rings is 1. The van der Waals surface area contributed by atoms with Gasteiger partial charge in [-0.1, -0.05) is 30.3 Å². The van der Waals surface area contributed by atoms with Gasteiger partial charge in [0.25, 0.3) is 10.0 Å². The lowest BCUT2D eigenvalue weighted by Crippen LogP contribution is -2.29. The summed E-state index contributed by atoms with van der Waals surface area (Å²) in [7, 11) is -2.52. The number of rotatable bonds is 4. The standard InChI is InChI=1S/C23H18N2O5S/c1-23(17-9-6-10-19(29-2)21(17)22(26)30-23)20-13-15-14-24-12-11-18(15)25(20)31(27,28)16-7-4-3-5-8-16/h3-14H,1-2H3. The van der Waals surface area contributed by atoms with Gasteiger partial charge in [-0.3, -0.25) is 4.98 Å². The fourth-order valence-electron chi connectivity index (χ4n) is 4.11. The molecule has 0 N–H and O–H groups in total. The monoisotopic (exact) mass is 434 g/mol. The number of cyclic esters (lactones) is 1. The second-order valence-electron chi connectivity index (χ2n) is 7.35. The van der Waals surface area contributed by atoms with Crippen LogP contribution in [0.3, 0.4) is 0 Å². The molecule has 1 unspecified atom stereocenters. The minimum Gasteiger partial charge on any atom is -0.496 e. The van der Waals surface area contributed by atoms with E-state index in [4.69, 9.17) is 9.47 Å². The normalized spacial score (nSPS) is 18.1. The van der Waals surface area contributed by atoms with Crippen molar-refractivity contribution in [2.75, 3.05) is 7.11 Å². The van der Waals surface area contributed by atoms with Crippen molar-refractivity contribution in [3.05, 3.63) is 89.9 Å². The van der Waals surface area contributed by atoms with Crippen LogP contribution in [0.1, 0.15) is 28.5 Å². The highest BCUT2D eigenvalue weighted by atomic mass is 32.2. The van der Waals surface area contributed by atoms with Crippen molar-refractivity contribution < 1.29 is 22.7 Å². The van der Waals surface area contributed by atoms with Crippen LogP contribution in [0.25, 0.3) is 10.9 Å². The Morgan fingerprint density at radius 2 is 1.84 bits per heavy atom. The van der Waals surface area contributed by atoms with Crippen molar-refractivity contribution in [2.24, 2.45) is 0 Å². The summed E-state index contributed by atoms with van der Waals surface area (Å²) in [6, 6.07) is 16.6. The molecule has 1 aliphatic rings. The molecule has 0 bridgehead atoms. The Kier molecular flexibility index (Phi) is 4.16. The highest BCUT2D eigenvalue weighted by Crippen LogP contribution is 2.46. The third-order valence-corrected chi connectivity index (χ3v) is 7.33. The molecule has 0 spiro atoms. The molecule has 4 aromatic rings. The molecule has 2 aromatic heterocycles. The third-order valence-electron chi connectivity index (χ3n) is 5.59. The molecular formula is C23H18N2O5S. The lowest BCUT2D eigenvalue weighted by atomic mass is 9.90. The van der Waals surface area contributed by atoms with Gasteiger partial charge < -0.3 is 9.47 Å². The average Bonchev–Trinajstić information content (AvgIpc) is 3.31. The smallest absolute Gasteiger partial charge is 0.343 e. The minimum atomic E-state index is -4.00. The number of esters is 1. The molecule has 7 nitrogen and oxygen atoms in total. The van der Waals surface area contributed by atoms with Crippen LogP contribution in [0.2, 0.25) is 0 Å². The molecule has 156 valence electrons. The largest absolute Gasteiger partial charge is 0.496 e. The van der Waals surface area contributed by atoms with Gasteiger partial charge in [0, 0.05) is 23.3 Å². The number of methoxy groups -OCH3 is 1. The lowest BCUT2D eigenvalue weighted by molar-refractivity contribution is 0.0162. The molecule has 0 aliphatic carbocycles. The Balaban J connectivity index is 1.85. The molecule has 1 atom stereocenters. The van der Waals surface area contributed by atoms with Crippen LogP contribution in [0.5, 0.6) is 5.75 Å². The van der Waals surface area contributed by atoms with Crippen LogP contribution in [-0.2, 0) is 20.4 Å². The van der Waals surface area contributed by atoms with Gasteiger partial charge in [0.2, 0.25) is 0 Å². The number of aromatic nitrogens is 2. The lowest BCUT2D eigenvalue weighted by Gasteiger charge is -2.26. The number of carbonyl (C=O) groups excluding carboxylic acids is 1. The first-order chi connectivity index (χ1) is 14.9. The van der Waals surface area contributed by atoms with E-state index in [1.165, 1.54) is 29.4 Å². The first-order valence-corrected chi connectivity index (χ1v) is 11.0. The maximum Gasteiger partial charge on any atom is 0.343 e. The summed E-state index contributed by atoms with van der Waals surface area (Å²) in [4.78, 5) is 17.1. The molecule has 31 heavy (non-hydrogen) atoms. The summed E-state index contributed by atoms with van der Waals surface area (Å²) < 4.78 is 39.9. The minimum absolute atomic E-state index is 0.129. The highest BCUT2D eigenvalue weighted by Gasteiger charge is 2.48. The Hall–Kier alpha value is -3.65. The van der Waals surface area contributed by atoms with E-state index < -0.39 is 21.6 Å². The topological polar surface area (TPSA) is 87.5 Å². The maximum atomic E-state index is 13.7. The first-order valence-electron chi connectivity index (χ1n) is 9.55. The fraction of sp³-hybridized carbons (Fsp3) is 0.130. The molecule has 2 aromatic carbocycles. The Morgan fingerprint density at radius 3 is 2.58 bits per heavy atom. The number of hydrogen-bond acceptors (Lipinski definition) is 6. The van der Waals surface area contributed by atoms with Crippen LogP contribution in [0.15, 0.2) is 78.0 Å². The summed E-state index contributed by atoms with van der Waals surface area (Å²) >= 11 is 0. The van der Waals surface area contributed by atoms with Crippen LogP contribution in [0, 0.1) is 0 Å². The van der Waals surface area contributed by atoms with Crippen LogP contribution >= 0.6 is 0 Å². The van der Waals surface area contributed by atoms with Gasteiger partial charge in [0.05, 0.1) is 23.2 Å². The molecule has 3 heterocycles. The molecule has 0 amide bonds. The summed E-state index contributed by atoms with van der Waals surface area (Å²) in [5.74, 6) is -0.191. The maximum absolute atomic E-state index is 13.7. The number of benzene rings is 2. The second kappa shape index (κ2) is 6.68. The van der Waals surface area contributed by atoms with Crippen molar-refractivity contribution in [1.29, 1.82) is 0 Å². The van der Waals surface area contributed by atoms with Gasteiger partial charge >= 0.3 is 5.97 Å². The van der Waals surface area contributed by atoms with Gasteiger partial charge in [-0.2, -0.15) is 0 Å². The van der Waals surface area contributed by atoms with Gasteiger partial charge in [-0.15, -0.1) is 0 Å². The second-order valence-corrected chi connectivity index (χ2v) is 9.14. The van der Waals surface area contributed by atoms with E-state index in [1.54, 1.807) is 61.7 Å². The van der Waals surface area contributed by atoms with Crippen LogP contribution < -0.4 is 4.74 Å². The van der Waals surface area contributed by atoms with E-state index in [0.29, 0.717) is 33.5 Å². The summed E-state index contributed by atoms with van der Waals surface area (Å²) in [5, 5.41) is 0.616. The zero-order valence-electron chi connectivity index (χ0n) is 16.8. The van der Waals surface area contributed by atoms with E-state index in [2.05, 4.69) is 4.98 Å². The molecule has 0 fully saturated rings. The Morgan fingerprint density at radius 1 is 1.06 bits per heavy atom. The zero-order chi connectivity index (χ0) is 21.8. The first kappa shape index (κ1) is 19.3. The van der Waals surface area contributed by atoms with Crippen molar-refractivity contribution in [3.63, 3.8) is 0 Å². The SMILES string of the molecule is COc1cccc2c1C(=O)OC2(C)c1cc2cnccc2n1S(=O)(=O)c1ccccc1. The van der Waals surface area contributed by atoms with Crippen molar-refractivity contribution in [3.8, 4) is 5.75 Å². The highest BCUT2D eigenvalue weighted by molar-refractivity contribution is 7.90. The predicted octanol–water partition coefficient (Wildman–Crippen LogP) is 3.72. The quantitative estimate of drug-likeness (QED) is 0.455. The zero-order valence-corrected chi connectivity index (χ0v) is 17.6. The van der Waals surface area contributed by atoms with E-state index in [-0.39, 0.29) is 4.90 Å². The number of carbonyl (C=O) groups is 1. The molecule has 1 aliphatic heterocycles. The van der Waals surface area contributed by atoms with E-state index in [1.807, 2.05) is 0 Å². The van der Waals surface area contributed by atoms with Crippen molar-refractivity contribution >= 4 is 26.9 Å². The molecular weight excluding hydrogens is 416 g/mol. The number of hydrogen-bond donors (Lipinski definition) is 0. The molecule has 8 heteroatoms. The van der Waals surface area contributed by atoms with Gasteiger partial charge in [0.1, 0.15) is 11.3 Å². The van der Waals surface area contributed by atoms with Crippen molar-refractivity contribution in [2.45, 2.75) is 17.4 Å².